The van der Waals surface area contributed by atoms with Crippen molar-refractivity contribution in [2.75, 3.05) is 7.05 Å². The fraction of sp³-hybridized carbons (Fsp3) is 0.107. The quantitative estimate of drug-likeness (QED) is 0.479. The third kappa shape index (κ3) is 5.92. The molecule has 5 heteroatoms. The normalized spacial score (nSPS) is 12.9. The van der Waals surface area contributed by atoms with E-state index in [-0.39, 0.29) is 5.91 Å². The van der Waals surface area contributed by atoms with E-state index in [1.807, 2.05) is 86.1 Å². The van der Waals surface area contributed by atoms with Crippen molar-refractivity contribution in [3.8, 4) is 5.75 Å². The van der Waals surface area contributed by atoms with Gasteiger partial charge in [0.2, 0.25) is 0 Å². The molecule has 33 heavy (non-hydrogen) atoms. The summed E-state index contributed by atoms with van der Waals surface area (Å²) in [6.45, 7) is 0.483. The number of nitrogens with one attached hydrogen (secondary N) is 3. The zero-order valence-corrected chi connectivity index (χ0v) is 18.5. The second-order valence-corrected chi connectivity index (χ2v) is 7.60. The Balaban J connectivity index is 1.49. The third-order valence-electron chi connectivity index (χ3n) is 5.28. The monoisotopic (exact) mass is 437 g/mol. The van der Waals surface area contributed by atoms with Gasteiger partial charge in [0.1, 0.15) is 12.4 Å². The molecule has 0 radical (unpaired) electrons. The van der Waals surface area contributed by atoms with E-state index < -0.39 is 0 Å². The van der Waals surface area contributed by atoms with Gasteiger partial charge in [-0.1, -0.05) is 60.7 Å². The maximum absolute atomic E-state index is 13.1. The molecule has 4 rings (SSSR count). The van der Waals surface area contributed by atoms with E-state index in [1.54, 1.807) is 12.1 Å². The Morgan fingerprint density at radius 3 is 2.21 bits per heavy atom. The molecule has 3 aromatic carbocycles. The molecular weight excluding hydrogens is 410 g/mol. The molecule has 0 spiro atoms. The summed E-state index contributed by atoms with van der Waals surface area (Å²) in [5.41, 5.74) is 5.27. The highest BCUT2D eigenvalue weighted by molar-refractivity contribution is 5.96. The number of ether oxygens (including phenoxy) is 1. The minimum atomic E-state index is -0.185. The fourth-order valence-electron chi connectivity index (χ4n) is 3.53. The van der Waals surface area contributed by atoms with Gasteiger partial charge in [0.25, 0.3) is 5.91 Å². The standard InChI is InChI=1S/C28H27N3O2/c1-29-25-13-8-18-30-26(19-21-9-4-2-5-10-21)27(25)31-28(32)23-14-16-24(17-15-23)33-20-22-11-6-3-7-12-22/h2-18,29-30H,19-20H2,1H3,(H,31,32). The van der Waals surface area contributed by atoms with Crippen molar-refractivity contribution < 1.29 is 9.53 Å². The van der Waals surface area contributed by atoms with E-state index in [9.17, 15) is 4.79 Å². The zero-order chi connectivity index (χ0) is 22.9. The molecule has 1 aliphatic rings. The molecule has 0 unspecified atom stereocenters. The van der Waals surface area contributed by atoms with Gasteiger partial charge < -0.3 is 20.7 Å². The van der Waals surface area contributed by atoms with E-state index in [0.29, 0.717) is 18.6 Å². The van der Waals surface area contributed by atoms with Crippen LogP contribution in [0.4, 0.5) is 0 Å². The molecular formula is C28H27N3O2. The van der Waals surface area contributed by atoms with Crippen molar-refractivity contribution in [2.45, 2.75) is 13.0 Å². The molecule has 1 aliphatic heterocycles. The van der Waals surface area contributed by atoms with Gasteiger partial charge >= 0.3 is 0 Å². The topological polar surface area (TPSA) is 62.4 Å². The van der Waals surface area contributed by atoms with Crippen LogP contribution in [0.15, 0.2) is 120 Å². The van der Waals surface area contributed by atoms with Gasteiger partial charge in [0, 0.05) is 30.9 Å². The number of hydrogen-bond acceptors (Lipinski definition) is 4. The summed E-state index contributed by atoms with van der Waals surface area (Å²) in [4.78, 5) is 13.1. The van der Waals surface area contributed by atoms with Gasteiger partial charge in [-0.25, -0.2) is 0 Å². The van der Waals surface area contributed by atoms with Gasteiger partial charge in [-0.2, -0.15) is 0 Å². The largest absolute Gasteiger partial charge is 0.489 e. The first-order valence-electron chi connectivity index (χ1n) is 10.9. The Morgan fingerprint density at radius 1 is 0.879 bits per heavy atom. The van der Waals surface area contributed by atoms with Gasteiger partial charge in [-0.15, -0.1) is 0 Å². The Morgan fingerprint density at radius 2 is 1.55 bits per heavy atom. The van der Waals surface area contributed by atoms with Gasteiger partial charge in [-0.05, 0) is 47.5 Å². The van der Waals surface area contributed by atoms with Crippen LogP contribution in [0, 0.1) is 0 Å². The number of hydrogen-bond donors (Lipinski definition) is 3. The van der Waals surface area contributed by atoms with Gasteiger partial charge in [0.15, 0.2) is 0 Å². The van der Waals surface area contributed by atoms with Crippen LogP contribution in [0.5, 0.6) is 5.75 Å². The van der Waals surface area contributed by atoms with Crippen LogP contribution in [0.3, 0.4) is 0 Å². The summed E-state index contributed by atoms with van der Waals surface area (Å²) in [6.07, 6.45) is 6.37. The summed E-state index contributed by atoms with van der Waals surface area (Å²) in [7, 11) is 1.84. The number of carbonyl (C=O) groups excluding carboxylic acids is 1. The highest BCUT2D eigenvalue weighted by Crippen LogP contribution is 2.18. The van der Waals surface area contributed by atoms with E-state index in [1.165, 1.54) is 0 Å². The molecule has 0 fully saturated rings. The number of amides is 1. The van der Waals surface area contributed by atoms with Crippen LogP contribution in [0.1, 0.15) is 21.5 Å². The van der Waals surface area contributed by atoms with Crippen LogP contribution < -0.4 is 20.7 Å². The molecule has 0 bridgehead atoms. The Bertz CT molecular complexity index is 1160. The fourth-order valence-corrected chi connectivity index (χ4v) is 3.53. The average Bonchev–Trinajstić information content (AvgIpc) is 3.06. The predicted molar refractivity (Wildman–Crippen MR) is 131 cm³/mol. The minimum Gasteiger partial charge on any atom is -0.489 e. The van der Waals surface area contributed by atoms with Crippen LogP contribution >= 0.6 is 0 Å². The molecule has 0 aromatic heterocycles. The third-order valence-corrected chi connectivity index (χ3v) is 5.28. The first kappa shape index (κ1) is 22.0. The smallest absolute Gasteiger partial charge is 0.255 e. The van der Waals surface area contributed by atoms with E-state index in [0.717, 1.165) is 34.0 Å². The summed E-state index contributed by atoms with van der Waals surface area (Å²) in [5, 5.41) is 9.59. The van der Waals surface area contributed by atoms with E-state index >= 15 is 0 Å². The van der Waals surface area contributed by atoms with Crippen molar-refractivity contribution in [1.29, 1.82) is 0 Å². The van der Waals surface area contributed by atoms with Crippen molar-refractivity contribution in [1.82, 2.24) is 16.0 Å². The Hall–Kier alpha value is -4.25. The lowest BCUT2D eigenvalue weighted by atomic mass is 10.1. The molecule has 166 valence electrons. The van der Waals surface area contributed by atoms with Crippen LogP contribution in [-0.2, 0) is 13.0 Å². The molecule has 0 saturated carbocycles. The molecule has 0 atom stereocenters. The van der Waals surface area contributed by atoms with Crippen molar-refractivity contribution in [3.05, 3.63) is 137 Å². The first-order chi connectivity index (χ1) is 16.2. The summed E-state index contributed by atoms with van der Waals surface area (Å²) in [6, 6.07) is 27.3. The summed E-state index contributed by atoms with van der Waals surface area (Å²) < 4.78 is 5.83. The van der Waals surface area contributed by atoms with Crippen molar-refractivity contribution in [2.24, 2.45) is 0 Å². The molecule has 0 saturated heterocycles. The second-order valence-electron chi connectivity index (χ2n) is 7.60. The maximum Gasteiger partial charge on any atom is 0.255 e. The number of rotatable bonds is 8. The lowest BCUT2D eigenvalue weighted by Crippen LogP contribution is -2.30. The van der Waals surface area contributed by atoms with Gasteiger partial charge in [0.05, 0.1) is 11.4 Å². The number of allylic oxidation sites excluding steroid dienone is 3. The number of benzene rings is 3. The molecule has 5 nitrogen and oxygen atoms in total. The molecule has 1 amide bonds. The average molecular weight is 438 g/mol. The summed E-state index contributed by atoms with van der Waals surface area (Å²) >= 11 is 0. The molecule has 1 heterocycles. The van der Waals surface area contributed by atoms with Crippen LogP contribution in [0.25, 0.3) is 0 Å². The highest BCUT2D eigenvalue weighted by Gasteiger charge is 2.17. The minimum absolute atomic E-state index is 0.185. The second kappa shape index (κ2) is 10.9. The molecule has 0 aliphatic carbocycles. The van der Waals surface area contributed by atoms with Crippen LogP contribution in [-0.4, -0.2) is 13.0 Å². The number of carbonyl (C=O) groups is 1. The van der Waals surface area contributed by atoms with Crippen molar-refractivity contribution >= 4 is 5.91 Å². The van der Waals surface area contributed by atoms with Crippen LogP contribution in [0.2, 0.25) is 0 Å². The van der Waals surface area contributed by atoms with Gasteiger partial charge in [-0.3, -0.25) is 4.79 Å². The maximum atomic E-state index is 13.1. The highest BCUT2D eigenvalue weighted by atomic mass is 16.5. The Kier molecular flexibility index (Phi) is 7.23. The zero-order valence-electron chi connectivity index (χ0n) is 18.5. The van der Waals surface area contributed by atoms with Crippen molar-refractivity contribution in [3.63, 3.8) is 0 Å². The molecule has 3 N–H and O–H groups in total. The summed E-state index contributed by atoms with van der Waals surface area (Å²) in [5.74, 6) is 0.533. The SMILES string of the molecule is CNC1=CC=CNC(Cc2ccccc2)=C1NC(=O)c1ccc(OCc2ccccc2)cc1. The first-order valence-corrected chi connectivity index (χ1v) is 10.9. The van der Waals surface area contributed by atoms with E-state index in [2.05, 4.69) is 28.1 Å². The Labute approximate surface area is 194 Å². The molecule has 3 aromatic rings. The number of likely N-dealkylation sites (N-methyl/N-ethyl adjacent to an activating group) is 1. The lowest BCUT2D eigenvalue weighted by Gasteiger charge is -2.18. The van der Waals surface area contributed by atoms with E-state index in [4.69, 9.17) is 4.74 Å². The lowest BCUT2D eigenvalue weighted by molar-refractivity contribution is 0.0965. The predicted octanol–water partition coefficient (Wildman–Crippen LogP) is 4.67.